The molecule has 1 aromatic heterocycles. The lowest BCUT2D eigenvalue weighted by molar-refractivity contribution is -0.380. The fourth-order valence-corrected chi connectivity index (χ4v) is 2.82. The van der Waals surface area contributed by atoms with Gasteiger partial charge >= 0.3 is 5.00 Å². The maximum Gasteiger partial charge on any atom is 0.324 e. The predicted octanol–water partition coefficient (Wildman–Crippen LogP) is 3.70. The van der Waals surface area contributed by atoms with Crippen molar-refractivity contribution in [3.8, 4) is 0 Å². The van der Waals surface area contributed by atoms with Crippen molar-refractivity contribution in [2.75, 3.05) is 0 Å². The molecule has 6 heteroatoms. The summed E-state index contributed by atoms with van der Waals surface area (Å²) >= 11 is 1.16. The zero-order valence-electron chi connectivity index (χ0n) is 11.3. The van der Waals surface area contributed by atoms with Crippen LogP contribution in [0.4, 0.5) is 9.39 Å². The van der Waals surface area contributed by atoms with Crippen molar-refractivity contribution in [2.24, 2.45) is 0 Å². The Morgan fingerprint density at radius 3 is 2.45 bits per heavy atom. The normalized spacial score (nSPS) is 10.8. The molecule has 2 aromatic rings. The van der Waals surface area contributed by atoms with Gasteiger partial charge in [-0.25, -0.2) is 4.39 Å². The molecule has 0 aliphatic rings. The van der Waals surface area contributed by atoms with E-state index >= 15 is 0 Å². The molecule has 0 aliphatic heterocycles. The summed E-state index contributed by atoms with van der Waals surface area (Å²) in [6.45, 7) is 4.66. The summed E-state index contributed by atoms with van der Waals surface area (Å²) in [5.41, 5.74) is 2.27. The maximum absolute atomic E-state index is 13.5. The Hall–Kier alpha value is -1.79. The molecule has 2 rings (SSSR count). The average Bonchev–Trinajstić information content (AvgIpc) is 2.85. The van der Waals surface area contributed by atoms with E-state index in [4.69, 9.17) is 0 Å². The molecule has 106 valence electrons. The van der Waals surface area contributed by atoms with Crippen LogP contribution >= 0.6 is 11.3 Å². The van der Waals surface area contributed by atoms with E-state index in [1.165, 1.54) is 6.07 Å². The van der Waals surface area contributed by atoms with Gasteiger partial charge in [-0.15, -0.1) is 0 Å². The number of nitrogens with zero attached hydrogens (tertiary/aromatic N) is 1. The highest BCUT2D eigenvalue weighted by Gasteiger charge is 2.09. The molecular formula is C14H15FN2O2S. The fraction of sp³-hybridized carbons (Fsp3) is 0.286. The van der Waals surface area contributed by atoms with E-state index in [0.717, 1.165) is 21.8 Å². The molecule has 1 aromatic carbocycles. The number of benzene rings is 1. The van der Waals surface area contributed by atoms with Crippen molar-refractivity contribution in [2.45, 2.75) is 26.9 Å². The predicted molar refractivity (Wildman–Crippen MR) is 77.4 cm³/mol. The number of hydrogen-bond acceptors (Lipinski definition) is 4. The van der Waals surface area contributed by atoms with Gasteiger partial charge in [0.1, 0.15) is 5.82 Å². The van der Waals surface area contributed by atoms with Crippen LogP contribution in [0, 0.1) is 29.8 Å². The lowest BCUT2D eigenvalue weighted by atomic mass is 10.1. The minimum Gasteiger partial charge on any atom is -0.308 e. The van der Waals surface area contributed by atoms with Crippen LogP contribution in [0.25, 0.3) is 0 Å². The summed E-state index contributed by atoms with van der Waals surface area (Å²) in [5, 5.41) is 13.9. The Labute approximate surface area is 120 Å². The second-order valence-corrected chi connectivity index (χ2v) is 5.79. The van der Waals surface area contributed by atoms with Crippen LogP contribution in [-0.4, -0.2) is 4.92 Å². The number of thiophene rings is 1. The van der Waals surface area contributed by atoms with Crippen molar-refractivity contribution < 1.29 is 9.31 Å². The zero-order valence-corrected chi connectivity index (χ0v) is 12.1. The maximum atomic E-state index is 13.5. The van der Waals surface area contributed by atoms with Crippen LogP contribution in [0.2, 0.25) is 0 Å². The quantitative estimate of drug-likeness (QED) is 0.675. The standard InChI is InChI=1S/C14H15FN2O2S/c1-9-5-11(6-10(2)14(9)15)7-16-8-12-3-4-13(20-12)17(18)19/h3-6,16H,7-8H2,1-2H3. The number of halogens is 1. The van der Waals surface area contributed by atoms with Crippen LogP contribution < -0.4 is 5.32 Å². The van der Waals surface area contributed by atoms with Gasteiger partial charge in [-0.3, -0.25) is 10.1 Å². The molecule has 0 fully saturated rings. The monoisotopic (exact) mass is 294 g/mol. The van der Waals surface area contributed by atoms with Gasteiger partial charge in [-0.1, -0.05) is 23.5 Å². The summed E-state index contributed by atoms with van der Waals surface area (Å²) in [6.07, 6.45) is 0. The van der Waals surface area contributed by atoms with Crippen molar-refractivity contribution in [1.82, 2.24) is 5.32 Å². The van der Waals surface area contributed by atoms with Crippen molar-refractivity contribution >= 4 is 16.3 Å². The molecule has 4 nitrogen and oxygen atoms in total. The second-order valence-electron chi connectivity index (χ2n) is 4.64. The van der Waals surface area contributed by atoms with E-state index in [-0.39, 0.29) is 15.7 Å². The van der Waals surface area contributed by atoms with Crippen molar-refractivity contribution in [3.63, 3.8) is 0 Å². The Morgan fingerprint density at radius 2 is 1.90 bits per heavy atom. The molecule has 1 N–H and O–H groups in total. The van der Waals surface area contributed by atoms with Crippen LogP contribution in [0.15, 0.2) is 24.3 Å². The third-order valence-electron chi connectivity index (χ3n) is 2.95. The molecule has 0 amide bonds. The Balaban J connectivity index is 1.94. The van der Waals surface area contributed by atoms with Gasteiger partial charge < -0.3 is 5.32 Å². The highest BCUT2D eigenvalue weighted by atomic mass is 32.1. The van der Waals surface area contributed by atoms with Crippen LogP contribution in [0.3, 0.4) is 0 Å². The van der Waals surface area contributed by atoms with E-state index in [2.05, 4.69) is 5.32 Å². The third-order valence-corrected chi connectivity index (χ3v) is 3.99. The summed E-state index contributed by atoms with van der Waals surface area (Å²) in [7, 11) is 0. The highest BCUT2D eigenvalue weighted by Crippen LogP contribution is 2.23. The van der Waals surface area contributed by atoms with E-state index < -0.39 is 0 Å². The smallest absolute Gasteiger partial charge is 0.308 e. The first kappa shape index (κ1) is 14.6. The topological polar surface area (TPSA) is 55.2 Å². The van der Waals surface area contributed by atoms with E-state index in [0.29, 0.717) is 24.2 Å². The van der Waals surface area contributed by atoms with Gasteiger partial charge in [-0.2, -0.15) is 0 Å². The van der Waals surface area contributed by atoms with Crippen molar-refractivity contribution in [3.05, 3.63) is 61.8 Å². The molecule has 0 saturated heterocycles. The minimum absolute atomic E-state index is 0.148. The Morgan fingerprint density at radius 1 is 1.25 bits per heavy atom. The minimum atomic E-state index is -0.388. The molecule has 0 atom stereocenters. The molecule has 0 aliphatic carbocycles. The van der Waals surface area contributed by atoms with Crippen LogP contribution in [0.1, 0.15) is 21.6 Å². The lowest BCUT2D eigenvalue weighted by Gasteiger charge is -2.07. The van der Waals surface area contributed by atoms with Crippen LogP contribution in [-0.2, 0) is 13.1 Å². The lowest BCUT2D eigenvalue weighted by Crippen LogP contribution is -2.12. The Kier molecular flexibility index (Phi) is 4.46. The summed E-state index contributed by atoms with van der Waals surface area (Å²) in [5.74, 6) is -0.164. The largest absolute Gasteiger partial charge is 0.324 e. The first-order valence-electron chi connectivity index (χ1n) is 6.17. The van der Waals surface area contributed by atoms with E-state index in [1.807, 2.05) is 12.1 Å². The van der Waals surface area contributed by atoms with Gasteiger partial charge in [0.2, 0.25) is 0 Å². The fourth-order valence-electron chi connectivity index (χ4n) is 2.03. The number of hydrogen-bond donors (Lipinski definition) is 1. The highest BCUT2D eigenvalue weighted by molar-refractivity contribution is 7.15. The average molecular weight is 294 g/mol. The molecule has 20 heavy (non-hydrogen) atoms. The SMILES string of the molecule is Cc1cc(CNCc2ccc([N+](=O)[O-])s2)cc(C)c1F. The third kappa shape index (κ3) is 3.40. The number of aryl methyl sites for hydroxylation is 2. The molecule has 1 heterocycles. The van der Waals surface area contributed by atoms with Crippen LogP contribution in [0.5, 0.6) is 0 Å². The molecule has 0 spiro atoms. The first-order chi connectivity index (χ1) is 9.47. The number of nitrogens with one attached hydrogen (secondary N) is 1. The number of rotatable bonds is 5. The molecular weight excluding hydrogens is 279 g/mol. The van der Waals surface area contributed by atoms with Gasteiger partial charge in [-0.05, 0) is 36.6 Å². The summed E-state index contributed by atoms with van der Waals surface area (Å²) < 4.78 is 13.5. The molecule has 0 saturated carbocycles. The van der Waals surface area contributed by atoms with Gasteiger partial charge in [0.05, 0.1) is 4.92 Å². The van der Waals surface area contributed by atoms with Gasteiger partial charge in [0, 0.05) is 24.0 Å². The summed E-state index contributed by atoms with van der Waals surface area (Å²) in [6, 6.07) is 6.88. The second kappa shape index (κ2) is 6.11. The van der Waals surface area contributed by atoms with Gasteiger partial charge in [0.25, 0.3) is 0 Å². The first-order valence-corrected chi connectivity index (χ1v) is 6.98. The van der Waals surface area contributed by atoms with Gasteiger partial charge in [0.15, 0.2) is 0 Å². The zero-order chi connectivity index (χ0) is 14.7. The Bertz CT molecular complexity index is 617. The van der Waals surface area contributed by atoms with E-state index in [9.17, 15) is 14.5 Å². The molecule has 0 unspecified atom stereocenters. The van der Waals surface area contributed by atoms with Crippen molar-refractivity contribution in [1.29, 1.82) is 0 Å². The molecule has 0 radical (unpaired) electrons. The van der Waals surface area contributed by atoms with E-state index in [1.54, 1.807) is 19.9 Å². The summed E-state index contributed by atoms with van der Waals surface area (Å²) in [4.78, 5) is 11.1. The molecule has 0 bridgehead atoms. The number of nitro groups is 1.